The van der Waals surface area contributed by atoms with Crippen molar-refractivity contribution in [1.82, 2.24) is 4.90 Å². The van der Waals surface area contributed by atoms with Crippen LogP contribution in [-0.4, -0.2) is 40.4 Å². The van der Waals surface area contributed by atoms with Crippen LogP contribution in [0.3, 0.4) is 0 Å². The van der Waals surface area contributed by atoms with Crippen molar-refractivity contribution in [1.29, 1.82) is 0 Å². The molecule has 0 aromatic heterocycles. The summed E-state index contributed by atoms with van der Waals surface area (Å²) in [5, 5.41) is 10.5. The van der Waals surface area contributed by atoms with Gasteiger partial charge in [0.25, 0.3) is 5.69 Å². The molecule has 0 saturated carbocycles. The number of aliphatic imine (C=N–C) groups is 1. The van der Waals surface area contributed by atoms with Crippen LogP contribution in [0.4, 0.5) is 5.69 Å². The zero-order valence-corrected chi connectivity index (χ0v) is 14.0. The SMILES string of the molecule is I.NC(=NCc1ccc([N+](=O)[O-])cc1)N1CCSCC1. The normalized spacial score (nSPS) is 15.6. The second-order valence-corrected chi connectivity index (χ2v) is 5.42. The van der Waals surface area contributed by atoms with Crippen LogP contribution in [0.1, 0.15) is 5.56 Å². The molecule has 1 aliphatic heterocycles. The van der Waals surface area contributed by atoms with Gasteiger partial charge in [0, 0.05) is 36.7 Å². The second-order valence-electron chi connectivity index (χ2n) is 4.20. The van der Waals surface area contributed by atoms with E-state index in [0.29, 0.717) is 12.5 Å². The van der Waals surface area contributed by atoms with Crippen LogP contribution in [0.15, 0.2) is 29.3 Å². The number of nitro groups is 1. The van der Waals surface area contributed by atoms with Gasteiger partial charge in [-0.3, -0.25) is 10.1 Å². The molecule has 1 fully saturated rings. The van der Waals surface area contributed by atoms with Gasteiger partial charge in [-0.1, -0.05) is 12.1 Å². The van der Waals surface area contributed by atoms with E-state index in [4.69, 9.17) is 5.73 Å². The molecule has 8 heteroatoms. The van der Waals surface area contributed by atoms with E-state index in [-0.39, 0.29) is 29.7 Å². The van der Waals surface area contributed by atoms with Gasteiger partial charge in [-0.25, -0.2) is 4.99 Å². The highest BCUT2D eigenvalue weighted by atomic mass is 127. The number of non-ortho nitro benzene ring substituents is 1. The molecule has 20 heavy (non-hydrogen) atoms. The van der Waals surface area contributed by atoms with Crippen molar-refractivity contribution in [2.75, 3.05) is 24.6 Å². The van der Waals surface area contributed by atoms with E-state index in [0.717, 1.165) is 30.2 Å². The second kappa shape index (κ2) is 8.30. The van der Waals surface area contributed by atoms with Crippen LogP contribution in [0.25, 0.3) is 0 Å². The van der Waals surface area contributed by atoms with E-state index in [2.05, 4.69) is 9.89 Å². The monoisotopic (exact) mass is 408 g/mol. The van der Waals surface area contributed by atoms with E-state index in [9.17, 15) is 10.1 Å². The van der Waals surface area contributed by atoms with Crippen LogP contribution in [0, 0.1) is 10.1 Å². The van der Waals surface area contributed by atoms with Gasteiger partial charge in [0.2, 0.25) is 0 Å². The molecule has 1 aliphatic rings. The molecule has 0 radical (unpaired) electrons. The number of guanidine groups is 1. The van der Waals surface area contributed by atoms with Crippen LogP contribution in [0.5, 0.6) is 0 Å². The highest BCUT2D eigenvalue weighted by Gasteiger charge is 2.12. The molecule has 110 valence electrons. The minimum absolute atomic E-state index is 0. The number of hydrogen-bond donors (Lipinski definition) is 1. The van der Waals surface area contributed by atoms with Crippen molar-refractivity contribution in [3.63, 3.8) is 0 Å². The van der Waals surface area contributed by atoms with Crippen LogP contribution >= 0.6 is 35.7 Å². The van der Waals surface area contributed by atoms with Gasteiger partial charge < -0.3 is 10.6 Å². The molecule has 2 N–H and O–H groups in total. The first kappa shape index (κ1) is 17.0. The van der Waals surface area contributed by atoms with Crippen LogP contribution in [0.2, 0.25) is 0 Å². The van der Waals surface area contributed by atoms with Gasteiger partial charge >= 0.3 is 0 Å². The van der Waals surface area contributed by atoms with E-state index >= 15 is 0 Å². The lowest BCUT2D eigenvalue weighted by Crippen LogP contribution is -2.42. The zero-order chi connectivity index (χ0) is 13.7. The van der Waals surface area contributed by atoms with E-state index in [1.165, 1.54) is 12.1 Å². The van der Waals surface area contributed by atoms with Gasteiger partial charge in [-0.05, 0) is 5.56 Å². The lowest BCUT2D eigenvalue weighted by atomic mass is 10.2. The van der Waals surface area contributed by atoms with Crippen molar-refractivity contribution < 1.29 is 4.92 Å². The van der Waals surface area contributed by atoms with Crippen molar-refractivity contribution in [2.24, 2.45) is 10.7 Å². The summed E-state index contributed by atoms with van der Waals surface area (Å²) in [5.41, 5.74) is 6.94. The first-order valence-electron chi connectivity index (χ1n) is 6.03. The highest BCUT2D eigenvalue weighted by molar-refractivity contribution is 14.0. The van der Waals surface area contributed by atoms with Gasteiger partial charge in [-0.15, -0.1) is 24.0 Å². The Bertz CT molecular complexity index is 475. The number of rotatable bonds is 3. The minimum atomic E-state index is -0.410. The number of benzene rings is 1. The smallest absolute Gasteiger partial charge is 0.269 e. The lowest BCUT2D eigenvalue weighted by molar-refractivity contribution is -0.384. The number of nitrogens with zero attached hydrogens (tertiary/aromatic N) is 3. The fourth-order valence-corrected chi connectivity index (χ4v) is 2.69. The molecule has 2 rings (SSSR count). The van der Waals surface area contributed by atoms with E-state index in [1.54, 1.807) is 12.1 Å². The maximum atomic E-state index is 10.5. The Morgan fingerprint density at radius 1 is 1.35 bits per heavy atom. The summed E-state index contributed by atoms with van der Waals surface area (Å²) in [7, 11) is 0. The highest BCUT2D eigenvalue weighted by Crippen LogP contribution is 2.13. The molecule has 0 bridgehead atoms. The molecule has 0 unspecified atom stereocenters. The van der Waals surface area contributed by atoms with Gasteiger partial charge in [0.15, 0.2) is 5.96 Å². The Balaban J connectivity index is 0.00000200. The average Bonchev–Trinajstić information content (AvgIpc) is 2.46. The number of hydrogen-bond acceptors (Lipinski definition) is 4. The first-order valence-corrected chi connectivity index (χ1v) is 7.18. The molecule has 0 amide bonds. The molecule has 1 aromatic carbocycles. The quantitative estimate of drug-likeness (QED) is 0.272. The predicted octanol–water partition coefficient (Wildman–Crippen LogP) is 2.08. The molecular formula is C12H17IN4O2S. The third-order valence-corrected chi connectivity index (χ3v) is 3.85. The molecule has 0 aliphatic carbocycles. The summed E-state index contributed by atoms with van der Waals surface area (Å²) in [5.74, 6) is 2.71. The minimum Gasteiger partial charge on any atom is -0.370 e. The number of thioether (sulfide) groups is 1. The molecule has 0 spiro atoms. The topological polar surface area (TPSA) is 84.8 Å². The van der Waals surface area contributed by atoms with Crippen molar-refractivity contribution in [2.45, 2.75) is 6.54 Å². The fourth-order valence-electron chi connectivity index (χ4n) is 1.79. The largest absolute Gasteiger partial charge is 0.370 e. The summed E-state index contributed by atoms with van der Waals surface area (Å²) in [4.78, 5) is 16.5. The average molecular weight is 408 g/mol. The van der Waals surface area contributed by atoms with E-state index in [1.807, 2.05) is 11.8 Å². The molecule has 1 heterocycles. The first-order chi connectivity index (χ1) is 9.16. The van der Waals surface area contributed by atoms with Crippen LogP contribution in [-0.2, 0) is 6.54 Å². The van der Waals surface area contributed by atoms with E-state index < -0.39 is 4.92 Å². The Morgan fingerprint density at radius 2 is 1.95 bits per heavy atom. The third-order valence-electron chi connectivity index (χ3n) is 2.91. The molecular weight excluding hydrogens is 391 g/mol. The summed E-state index contributed by atoms with van der Waals surface area (Å²) in [6.07, 6.45) is 0. The maximum Gasteiger partial charge on any atom is 0.269 e. The predicted molar refractivity (Wildman–Crippen MR) is 92.7 cm³/mol. The van der Waals surface area contributed by atoms with Crippen LogP contribution < -0.4 is 5.73 Å². The van der Waals surface area contributed by atoms with Crippen molar-refractivity contribution in [3.05, 3.63) is 39.9 Å². The summed E-state index contributed by atoms with van der Waals surface area (Å²) in [6.45, 7) is 2.31. The van der Waals surface area contributed by atoms with Gasteiger partial charge in [-0.2, -0.15) is 11.8 Å². The molecule has 6 nitrogen and oxygen atoms in total. The summed E-state index contributed by atoms with van der Waals surface area (Å²) < 4.78 is 0. The fraction of sp³-hybridized carbons (Fsp3) is 0.417. The molecule has 1 aromatic rings. The molecule has 1 saturated heterocycles. The maximum absolute atomic E-state index is 10.5. The Morgan fingerprint density at radius 3 is 2.50 bits per heavy atom. The zero-order valence-electron chi connectivity index (χ0n) is 10.9. The van der Waals surface area contributed by atoms with Crippen molar-refractivity contribution >= 4 is 47.4 Å². The summed E-state index contributed by atoms with van der Waals surface area (Å²) in [6, 6.07) is 6.39. The third kappa shape index (κ3) is 4.82. The number of nitrogens with two attached hydrogens (primary N) is 1. The Kier molecular flexibility index (Phi) is 7.06. The van der Waals surface area contributed by atoms with Gasteiger partial charge in [0.1, 0.15) is 0 Å². The summed E-state index contributed by atoms with van der Waals surface area (Å²) >= 11 is 1.92. The van der Waals surface area contributed by atoms with Gasteiger partial charge in [0.05, 0.1) is 11.5 Å². The van der Waals surface area contributed by atoms with Crippen molar-refractivity contribution in [3.8, 4) is 0 Å². The lowest BCUT2D eigenvalue weighted by Gasteiger charge is -2.27. The standard InChI is InChI=1S/C12H16N4O2S.HI/c13-12(15-5-7-19-8-6-15)14-9-10-1-3-11(4-2-10)16(17)18;/h1-4H,5-9H2,(H2,13,14);1H. The Hall–Kier alpha value is -1.03. The Labute approximate surface area is 139 Å². The number of nitro benzene ring substituents is 1. The molecule has 0 atom stereocenters. The number of halogens is 1.